The molecule has 3 amide bonds. The zero-order valence-electron chi connectivity index (χ0n) is 14.0. The maximum atomic E-state index is 12.8. The number of hydrogen-bond donors (Lipinski definition) is 1. The van der Waals surface area contributed by atoms with E-state index in [4.69, 9.17) is 9.47 Å². The van der Waals surface area contributed by atoms with E-state index in [9.17, 15) is 14.4 Å². The van der Waals surface area contributed by atoms with E-state index in [-0.39, 0.29) is 23.6 Å². The molecule has 2 aliphatic rings. The van der Waals surface area contributed by atoms with Gasteiger partial charge in [-0.15, -0.1) is 0 Å². The number of allylic oxidation sites excluding steroid dienone is 1. The van der Waals surface area contributed by atoms with Crippen molar-refractivity contribution in [2.45, 2.75) is 25.8 Å². The Balaban J connectivity index is 1.84. The van der Waals surface area contributed by atoms with Crippen molar-refractivity contribution in [1.29, 1.82) is 0 Å². The maximum absolute atomic E-state index is 12.8. The van der Waals surface area contributed by atoms with Gasteiger partial charge in [-0.2, -0.15) is 0 Å². The predicted molar refractivity (Wildman–Crippen MR) is 89.2 cm³/mol. The first-order chi connectivity index (χ1) is 12.0. The summed E-state index contributed by atoms with van der Waals surface area (Å²) in [6.45, 7) is 6.83. The van der Waals surface area contributed by atoms with Crippen molar-refractivity contribution < 1.29 is 23.9 Å². The van der Waals surface area contributed by atoms with Crippen LogP contribution in [0.4, 0.5) is 0 Å². The molecule has 2 aliphatic heterocycles. The van der Waals surface area contributed by atoms with Crippen molar-refractivity contribution in [3.63, 3.8) is 0 Å². The summed E-state index contributed by atoms with van der Waals surface area (Å²) in [5, 5.41) is 2.61. The molecular weight excluding hydrogens is 324 g/mol. The highest BCUT2D eigenvalue weighted by Gasteiger charge is 2.45. The lowest BCUT2D eigenvalue weighted by Gasteiger charge is -2.29. The van der Waals surface area contributed by atoms with Crippen LogP contribution in [0.15, 0.2) is 30.5 Å². The monoisotopic (exact) mass is 344 g/mol. The van der Waals surface area contributed by atoms with Crippen molar-refractivity contribution in [3.05, 3.63) is 41.6 Å². The number of piperidine rings is 1. The third-order valence-electron chi connectivity index (χ3n) is 4.23. The molecule has 0 aromatic heterocycles. The highest BCUT2D eigenvalue weighted by atomic mass is 16.5. The Hall–Kier alpha value is -2.67. The lowest BCUT2D eigenvalue weighted by molar-refractivity contribution is -0.125. The molecular formula is C18H20N2O5. The number of amides is 3. The first kappa shape index (κ1) is 17.2. The van der Waals surface area contributed by atoms with Crippen LogP contribution < -0.4 is 10.1 Å². The standard InChI is InChI=1S/C18H20N2O5/c1-3-24-9-10-25-14-6-4-5-12-15(14)18(23)20(17(12)22)13-8-7-11(2)19-16(13)21/h4-6,13H,2-3,7-10H2,1H3,(H,19,21). The largest absolute Gasteiger partial charge is 0.490 e. The van der Waals surface area contributed by atoms with Crippen LogP contribution in [0.5, 0.6) is 5.75 Å². The molecule has 1 fully saturated rings. The summed E-state index contributed by atoms with van der Waals surface area (Å²) in [7, 11) is 0. The second-order valence-corrected chi connectivity index (χ2v) is 5.85. The molecule has 1 unspecified atom stereocenters. The number of benzene rings is 1. The molecule has 1 saturated heterocycles. The Morgan fingerprint density at radius 1 is 1.24 bits per heavy atom. The fourth-order valence-electron chi connectivity index (χ4n) is 3.04. The summed E-state index contributed by atoms with van der Waals surface area (Å²) in [6, 6.07) is 4.05. The minimum absolute atomic E-state index is 0.209. The Labute approximate surface area is 145 Å². The van der Waals surface area contributed by atoms with E-state index in [2.05, 4.69) is 11.9 Å². The van der Waals surface area contributed by atoms with Crippen molar-refractivity contribution in [3.8, 4) is 5.75 Å². The van der Waals surface area contributed by atoms with Gasteiger partial charge in [0.1, 0.15) is 18.4 Å². The van der Waals surface area contributed by atoms with Crippen molar-refractivity contribution >= 4 is 17.7 Å². The molecule has 2 heterocycles. The SMILES string of the molecule is C=C1CCC(N2C(=O)c3cccc(OCCOCC)c3C2=O)C(=O)N1. The molecule has 1 aromatic rings. The molecule has 3 rings (SSSR count). The molecule has 0 spiro atoms. The molecule has 7 heteroatoms. The lowest BCUT2D eigenvalue weighted by Crippen LogP contribution is -2.51. The van der Waals surface area contributed by atoms with Crippen LogP contribution >= 0.6 is 0 Å². The first-order valence-electron chi connectivity index (χ1n) is 8.24. The molecule has 7 nitrogen and oxygen atoms in total. The number of hydrogen-bond acceptors (Lipinski definition) is 5. The average molecular weight is 344 g/mol. The minimum atomic E-state index is -0.825. The van der Waals surface area contributed by atoms with E-state index in [1.165, 1.54) is 0 Å². The number of nitrogens with one attached hydrogen (secondary N) is 1. The van der Waals surface area contributed by atoms with Gasteiger partial charge in [-0.1, -0.05) is 12.6 Å². The Morgan fingerprint density at radius 2 is 2.04 bits per heavy atom. The van der Waals surface area contributed by atoms with Crippen LogP contribution in [0.3, 0.4) is 0 Å². The summed E-state index contributed by atoms with van der Waals surface area (Å²) in [6.07, 6.45) is 0.901. The highest BCUT2D eigenvalue weighted by molar-refractivity contribution is 6.24. The fraction of sp³-hybridized carbons (Fsp3) is 0.389. The quantitative estimate of drug-likeness (QED) is 0.624. The zero-order valence-corrected chi connectivity index (χ0v) is 14.0. The number of nitrogens with zero attached hydrogens (tertiary/aromatic N) is 1. The maximum Gasteiger partial charge on any atom is 0.266 e. The normalized spacial score (nSPS) is 19.9. The Kier molecular flexibility index (Phi) is 4.85. The molecule has 1 aromatic carbocycles. The van der Waals surface area contributed by atoms with E-state index < -0.39 is 17.9 Å². The van der Waals surface area contributed by atoms with E-state index in [1.54, 1.807) is 18.2 Å². The number of carbonyl (C=O) groups excluding carboxylic acids is 3. The fourth-order valence-corrected chi connectivity index (χ4v) is 3.04. The van der Waals surface area contributed by atoms with Crippen molar-refractivity contribution in [2.24, 2.45) is 0 Å². The van der Waals surface area contributed by atoms with E-state index in [0.29, 0.717) is 37.5 Å². The van der Waals surface area contributed by atoms with Crippen molar-refractivity contribution in [1.82, 2.24) is 10.2 Å². The number of ether oxygens (including phenoxy) is 2. The molecule has 25 heavy (non-hydrogen) atoms. The molecule has 0 saturated carbocycles. The average Bonchev–Trinajstić information content (AvgIpc) is 2.84. The second kappa shape index (κ2) is 7.06. The Morgan fingerprint density at radius 3 is 2.76 bits per heavy atom. The van der Waals surface area contributed by atoms with Gasteiger partial charge in [-0.05, 0) is 31.9 Å². The molecule has 0 aliphatic carbocycles. The van der Waals surface area contributed by atoms with Gasteiger partial charge in [0.15, 0.2) is 0 Å². The van der Waals surface area contributed by atoms with Gasteiger partial charge in [0.25, 0.3) is 11.8 Å². The second-order valence-electron chi connectivity index (χ2n) is 5.85. The highest BCUT2D eigenvalue weighted by Crippen LogP contribution is 2.33. The summed E-state index contributed by atoms with van der Waals surface area (Å²) in [4.78, 5) is 38.7. The lowest BCUT2D eigenvalue weighted by atomic mass is 10.0. The summed E-state index contributed by atoms with van der Waals surface area (Å²) in [5.41, 5.74) is 1.06. The molecule has 1 atom stereocenters. The Bertz CT molecular complexity index is 743. The number of fused-ring (bicyclic) bond motifs is 1. The van der Waals surface area contributed by atoms with Crippen LogP contribution in [0.1, 0.15) is 40.5 Å². The summed E-state index contributed by atoms with van der Waals surface area (Å²) < 4.78 is 10.8. The predicted octanol–water partition coefficient (Wildman–Crippen LogP) is 1.49. The summed E-state index contributed by atoms with van der Waals surface area (Å²) >= 11 is 0. The smallest absolute Gasteiger partial charge is 0.266 e. The van der Waals surface area contributed by atoms with Gasteiger partial charge in [-0.3, -0.25) is 19.3 Å². The van der Waals surface area contributed by atoms with Crippen molar-refractivity contribution in [2.75, 3.05) is 19.8 Å². The van der Waals surface area contributed by atoms with Gasteiger partial charge in [0.05, 0.1) is 17.7 Å². The first-order valence-corrected chi connectivity index (χ1v) is 8.24. The molecule has 0 radical (unpaired) electrons. The number of rotatable bonds is 6. The van der Waals surface area contributed by atoms with Gasteiger partial charge >= 0.3 is 0 Å². The van der Waals surface area contributed by atoms with E-state index >= 15 is 0 Å². The number of imide groups is 1. The van der Waals surface area contributed by atoms with Gasteiger partial charge in [0.2, 0.25) is 5.91 Å². The van der Waals surface area contributed by atoms with Crippen LogP contribution in [0.2, 0.25) is 0 Å². The van der Waals surface area contributed by atoms with Gasteiger partial charge < -0.3 is 14.8 Å². The van der Waals surface area contributed by atoms with Crippen LogP contribution in [-0.4, -0.2) is 48.5 Å². The van der Waals surface area contributed by atoms with Gasteiger partial charge in [0, 0.05) is 12.3 Å². The molecule has 1 N–H and O–H groups in total. The topological polar surface area (TPSA) is 84.9 Å². The van der Waals surface area contributed by atoms with Crippen LogP contribution in [0.25, 0.3) is 0 Å². The third-order valence-corrected chi connectivity index (χ3v) is 4.23. The van der Waals surface area contributed by atoms with Crippen LogP contribution in [-0.2, 0) is 9.53 Å². The van der Waals surface area contributed by atoms with E-state index in [0.717, 1.165) is 4.90 Å². The molecule has 0 bridgehead atoms. The zero-order chi connectivity index (χ0) is 18.0. The molecule has 132 valence electrons. The van der Waals surface area contributed by atoms with Gasteiger partial charge in [-0.25, -0.2) is 0 Å². The van der Waals surface area contributed by atoms with E-state index in [1.807, 2.05) is 6.92 Å². The summed E-state index contributed by atoms with van der Waals surface area (Å²) in [5.74, 6) is -1.02. The van der Waals surface area contributed by atoms with Crippen LogP contribution in [0, 0.1) is 0 Å². The third kappa shape index (κ3) is 3.15. The minimum Gasteiger partial charge on any atom is -0.490 e. The number of carbonyl (C=O) groups is 3.